The van der Waals surface area contributed by atoms with E-state index in [0.717, 1.165) is 11.8 Å². The highest BCUT2D eigenvalue weighted by atomic mass is 35.5. The van der Waals surface area contributed by atoms with Crippen LogP contribution in [0.3, 0.4) is 0 Å². The molecule has 1 atom stereocenters. The summed E-state index contributed by atoms with van der Waals surface area (Å²) in [7, 11) is -3.63. The molecule has 0 fully saturated rings. The first-order chi connectivity index (χ1) is 17.7. The van der Waals surface area contributed by atoms with Crippen molar-refractivity contribution in [2.24, 2.45) is 0 Å². The molecule has 2 aromatic rings. The molecule has 2 amide bonds. The van der Waals surface area contributed by atoms with Gasteiger partial charge in [-0.3, -0.25) is 13.9 Å². The van der Waals surface area contributed by atoms with Gasteiger partial charge in [-0.25, -0.2) is 8.42 Å². The maximum absolute atomic E-state index is 13.4. The van der Waals surface area contributed by atoms with Gasteiger partial charge in [0.15, 0.2) is 11.5 Å². The number of sulfonamides is 1. The fourth-order valence-electron chi connectivity index (χ4n) is 4.03. The van der Waals surface area contributed by atoms with Gasteiger partial charge in [-0.2, -0.15) is 0 Å². The number of benzene rings is 2. The summed E-state index contributed by atoms with van der Waals surface area (Å²) in [5, 5.41) is 3.50. The summed E-state index contributed by atoms with van der Waals surface area (Å²) in [6.45, 7) is 8.43. The van der Waals surface area contributed by atoms with Crippen LogP contribution in [0.5, 0.6) is 11.5 Å². The molecule has 0 saturated heterocycles. The number of nitrogens with one attached hydrogen (secondary N) is 1. The maximum Gasteiger partial charge on any atom is 0.242 e. The summed E-state index contributed by atoms with van der Waals surface area (Å²) in [4.78, 5) is 27.8. The van der Waals surface area contributed by atoms with Gasteiger partial charge in [0.05, 0.1) is 11.9 Å². The standard InChI is InChI=1S/C27H36ClN3O6S/c1-19(26(33)29-27(2,3)4)30(18-20-8-10-21(28)11-9-20)25(32)7-6-14-31(38(5,34)35)22-12-13-23-24(17-22)37-16-15-36-23/h8-13,17,19H,6-7,14-16,18H2,1-5H3,(H,29,33)/t19-/m1/s1. The molecule has 1 N–H and O–H groups in total. The van der Waals surface area contributed by atoms with Crippen molar-refractivity contribution < 1.29 is 27.5 Å². The van der Waals surface area contributed by atoms with E-state index in [1.807, 2.05) is 32.9 Å². The van der Waals surface area contributed by atoms with Crippen LogP contribution in [0, 0.1) is 0 Å². The van der Waals surface area contributed by atoms with Crippen molar-refractivity contribution in [3.05, 3.63) is 53.1 Å². The van der Waals surface area contributed by atoms with Crippen LogP contribution < -0.4 is 19.1 Å². The molecule has 0 unspecified atom stereocenters. The van der Waals surface area contributed by atoms with E-state index >= 15 is 0 Å². The van der Waals surface area contributed by atoms with E-state index in [-0.39, 0.29) is 37.7 Å². The zero-order valence-electron chi connectivity index (χ0n) is 22.5. The summed E-state index contributed by atoms with van der Waals surface area (Å²) in [5.41, 5.74) is 0.798. The Morgan fingerprint density at radius 2 is 1.68 bits per heavy atom. The molecule has 38 heavy (non-hydrogen) atoms. The van der Waals surface area contributed by atoms with Crippen LogP contribution in [-0.4, -0.2) is 62.7 Å². The third kappa shape index (κ3) is 8.26. The summed E-state index contributed by atoms with van der Waals surface area (Å²) < 4.78 is 37.6. The van der Waals surface area contributed by atoms with Crippen LogP contribution >= 0.6 is 11.6 Å². The fraction of sp³-hybridized carbons (Fsp3) is 0.481. The van der Waals surface area contributed by atoms with Crippen LogP contribution in [0.15, 0.2) is 42.5 Å². The van der Waals surface area contributed by atoms with Crippen molar-refractivity contribution in [2.75, 3.05) is 30.3 Å². The van der Waals surface area contributed by atoms with Crippen molar-refractivity contribution in [3.63, 3.8) is 0 Å². The van der Waals surface area contributed by atoms with Crippen molar-refractivity contribution in [1.29, 1.82) is 0 Å². The fourth-order valence-corrected chi connectivity index (χ4v) is 5.12. The second kappa shape index (κ2) is 12.3. The summed E-state index contributed by atoms with van der Waals surface area (Å²) in [6, 6.07) is 11.3. The third-order valence-corrected chi connectivity index (χ3v) is 7.34. The number of nitrogens with zero attached hydrogens (tertiary/aromatic N) is 2. The molecule has 0 aliphatic carbocycles. The number of amides is 2. The predicted octanol–water partition coefficient (Wildman–Crippen LogP) is 3.99. The number of halogens is 1. The lowest BCUT2D eigenvalue weighted by molar-refractivity contribution is -0.141. The highest BCUT2D eigenvalue weighted by molar-refractivity contribution is 7.92. The average molecular weight is 566 g/mol. The Morgan fingerprint density at radius 3 is 2.29 bits per heavy atom. The highest BCUT2D eigenvalue weighted by Crippen LogP contribution is 2.34. The van der Waals surface area contributed by atoms with E-state index in [1.165, 1.54) is 9.21 Å². The predicted molar refractivity (Wildman–Crippen MR) is 148 cm³/mol. The van der Waals surface area contributed by atoms with Gasteiger partial charge in [-0.1, -0.05) is 23.7 Å². The number of hydrogen-bond donors (Lipinski definition) is 1. The molecule has 0 bridgehead atoms. The van der Waals surface area contributed by atoms with E-state index in [1.54, 1.807) is 37.3 Å². The maximum atomic E-state index is 13.4. The molecule has 3 rings (SSSR count). The molecule has 208 valence electrons. The van der Waals surface area contributed by atoms with Crippen LogP contribution in [0.25, 0.3) is 0 Å². The SMILES string of the molecule is C[C@H](C(=O)NC(C)(C)C)N(Cc1ccc(Cl)cc1)C(=O)CCCN(c1ccc2c(c1)OCCO2)S(C)(=O)=O. The van der Waals surface area contributed by atoms with Gasteiger partial charge in [-0.15, -0.1) is 0 Å². The van der Waals surface area contributed by atoms with E-state index < -0.39 is 21.6 Å². The number of carbonyl (C=O) groups is 2. The van der Waals surface area contributed by atoms with E-state index in [9.17, 15) is 18.0 Å². The Morgan fingerprint density at radius 1 is 1.05 bits per heavy atom. The Balaban J connectivity index is 1.74. The minimum atomic E-state index is -3.63. The quantitative estimate of drug-likeness (QED) is 0.467. The highest BCUT2D eigenvalue weighted by Gasteiger charge is 2.29. The second-order valence-corrected chi connectivity index (χ2v) is 12.7. The second-order valence-electron chi connectivity index (χ2n) is 10.3. The molecule has 0 radical (unpaired) electrons. The van der Waals surface area contributed by atoms with Crippen LogP contribution in [0.4, 0.5) is 5.69 Å². The minimum absolute atomic E-state index is 0.0529. The zero-order valence-corrected chi connectivity index (χ0v) is 24.1. The molecule has 1 aliphatic rings. The molecule has 11 heteroatoms. The molecular weight excluding hydrogens is 530 g/mol. The monoisotopic (exact) mass is 565 g/mol. The summed E-state index contributed by atoms with van der Waals surface area (Å²) in [5.74, 6) is 0.510. The van der Waals surface area contributed by atoms with Crippen molar-refractivity contribution in [2.45, 2.75) is 58.7 Å². The topological polar surface area (TPSA) is 105 Å². The van der Waals surface area contributed by atoms with E-state index in [2.05, 4.69) is 5.32 Å². The summed E-state index contributed by atoms with van der Waals surface area (Å²) in [6.07, 6.45) is 1.43. The Kier molecular flexibility index (Phi) is 9.54. The minimum Gasteiger partial charge on any atom is -0.486 e. The number of rotatable bonds is 10. The van der Waals surface area contributed by atoms with Gasteiger partial charge in [-0.05, 0) is 63.9 Å². The van der Waals surface area contributed by atoms with Crippen molar-refractivity contribution in [3.8, 4) is 11.5 Å². The molecule has 0 saturated carbocycles. The molecule has 9 nitrogen and oxygen atoms in total. The first kappa shape index (κ1) is 29.6. The zero-order chi connectivity index (χ0) is 28.1. The van der Waals surface area contributed by atoms with Gasteiger partial charge < -0.3 is 19.7 Å². The van der Waals surface area contributed by atoms with Crippen molar-refractivity contribution >= 4 is 39.1 Å². The van der Waals surface area contributed by atoms with E-state index in [4.69, 9.17) is 21.1 Å². The number of carbonyl (C=O) groups excluding carboxylic acids is 2. The molecule has 1 aliphatic heterocycles. The largest absolute Gasteiger partial charge is 0.486 e. The van der Waals surface area contributed by atoms with Gasteiger partial charge in [0.25, 0.3) is 0 Å². The smallest absolute Gasteiger partial charge is 0.242 e. The molecule has 0 spiro atoms. The molecular formula is C27H36ClN3O6S. The Hall–Kier alpha value is -2.98. The number of ether oxygens (including phenoxy) is 2. The van der Waals surface area contributed by atoms with Crippen LogP contribution in [0.1, 0.15) is 46.1 Å². The van der Waals surface area contributed by atoms with Crippen LogP contribution in [0.2, 0.25) is 5.02 Å². The van der Waals surface area contributed by atoms with Gasteiger partial charge in [0.2, 0.25) is 21.8 Å². The van der Waals surface area contributed by atoms with Crippen molar-refractivity contribution in [1.82, 2.24) is 10.2 Å². The normalized spacial score (nSPS) is 13.9. The molecule has 1 heterocycles. The van der Waals surface area contributed by atoms with Gasteiger partial charge in [0, 0.05) is 36.1 Å². The lowest BCUT2D eigenvalue weighted by Crippen LogP contribution is -2.52. The molecule has 0 aromatic heterocycles. The Bertz CT molecular complexity index is 1240. The average Bonchev–Trinajstić information content (AvgIpc) is 2.83. The van der Waals surface area contributed by atoms with Crippen LogP contribution in [-0.2, 0) is 26.2 Å². The lowest BCUT2D eigenvalue weighted by Gasteiger charge is -2.32. The third-order valence-electron chi connectivity index (χ3n) is 5.90. The first-order valence-corrected chi connectivity index (χ1v) is 14.7. The first-order valence-electron chi connectivity index (χ1n) is 12.5. The Labute approximate surface area is 230 Å². The summed E-state index contributed by atoms with van der Waals surface area (Å²) >= 11 is 6.01. The van der Waals surface area contributed by atoms with E-state index in [0.29, 0.717) is 35.4 Å². The molecule has 2 aromatic carbocycles. The number of hydrogen-bond acceptors (Lipinski definition) is 6. The number of anilines is 1. The lowest BCUT2D eigenvalue weighted by atomic mass is 10.1. The number of fused-ring (bicyclic) bond motifs is 1. The van der Waals surface area contributed by atoms with Gasteiger partial charge in [0.1, 0.15) is 19.3 Å². The van der Waals surface area contributed by atoms with Gasteiger partial charge >= 0.3 is 0 Å².